The van der Waals surface area contributed by atoms with Gasteiger partial charge in [0.25, 0.3) is 0 Å². The molecule has 22 heavy (non-hydrogen) atoms. The summed E-state index contributed by atoms with van der Waals surface area (Å²) in [6.45, 7) is 3.52. The third kappa shape index (κ3) is 2.90. The lowest BCUT2D eigenvalue weighted by molar-refractivity contribution is -0.115. The van der Waals surface area contributed by atoms with Gasteiger partial charge >= 0.3 is 0 Å². The van der Waals surface area contributed by atoms with Crippen LogP contribution in [0.2, 0.25) is 0 Å². The molecule has 0 unspecified atom stereocenters. The molecule has 0 aliphatic heterocycles. The Kier molecular flexibility index (Phi) is 3.74. The third-order valence-electron chi connectivity index (χ3n) is 3.21. The summed E-state index contributed by atoms with van der Waals surface area (Å²) in [6.07, 6.45) is 1.62. The number of anilines is 1. The fraction of sp³-hybridized carbons (Fsp3) is 0.188. The number of carbonyl (C=O) groups excluding carboxylic acids is 1. The van der Waals surface area contributed by atoms with Gasteiger partial charge in [0.05, 0.1) is 12.1 Å². The highest BCUT2D eigenvalue weighted by molar-refractivity contribution is 5.92. The molecule has 0 saturated carbocycles. The summed E-state index contributed by atoms with van der Waals surface area (Å²) in [5, 5.41) is 6.58. The molecule has 3 aromatic rings. The molecule has 0 saturated heterocycles. The first-order valence-electron chi connectivity index (χ1n) is 6.86. The molecule has 6 heteroatoms. The van der Waals surface area contributed by atoms with E-state index >= 15 is 0 Å². The number of nitrogens with one attached hydrogen (secondary N) is 1. The smallest absolute Gasteiger partial charge is 0.230 e. The molecule has 2 heterocycles. The molecule has 0 atom stereocenters. The Labute approximate surface area is 127 Å². The van der Waals surface area contributed by atoms with Crippen LogP contribution in [0.4, 0.5) is 5.69 Å². The molecular formula is C16H15N3O3. The van der Waals surface area contributed by atoms with E-state index in [1.807, 2.05) is 30.3 Å². The highest BCUT2D eigenvalue weighted by atomic mass is 16.5. The van der Waals surface area contributed by atoms with Crippen LogP contribution in [0.15, 0.2) is 45.5 Å². The number of amides is 1. The largest absolute Gasteiger partial charge is 0.444 e. The predicted octanol–water partition coefficient (Wildman–Crippen LogP) is 3.13. The Morgan fingerprint density at radius 1 is 1.23 bits per heavy atom. The lowest BCUT2D eigenvalue weighted by atomic mass is 10.2. The van der Waals surface area contributed by atoms with Crippen molar-refractivity contribution in [2.75, 3.05) is 5.32 Å². The number of oxazole rings is 1. The van der Waals surface area contributed by atoms with Crippen molar-refractivity contribution in [2.24, 2.45) is 0 Å². The van der Waals surface area contributed by atoms with Gasteiger partial charge in [-0.25, -0.2) is 4.98 Å². The van der Waals surface area contributed by atoms with Gasteiger partial charge in [-0.05, 0) is 26.0 Å². The molecule has 6 nitrogen and oxygen atoms in total. The monoisotopic (exact) mass is 297 g/mol. The zero-order valence-corrected chi connectivity index (χ0v) is 12.3. The zero-order valence-electron chi connectivity index (χ0n) is 12.3. The number of aryl methyl sites for hydroxylation is 2. The summed E-state index contributed by atoms with van der Waals surface area (Å²) in [7, 11) is 0. The number of nitrogens with zero attached hydrogens (tertiary/aromatic N) is 2. The van der Waals surface area contributed by atoms with Gasteiger partial charge in [0, 0.05) is 5.56 Å². The van der Waals surface area contributed by atoms with E-state index in [-0.39, 0.29) is 12.3 Å². The maximum absolute atomic E-state index is 12.1. The molecule has 1 N–H and O–H groups in total. The molecule has 0 radical (unpaired) electrons. The molecule has 0 spiro atoms. The maximum Gasteiger partial charge on any atom is 0.230 e. The minimum Gasteiger partial charge on any atom is -0.444 e. The van der Waals surface area contributed by atoms with E-state index < -0.39 is 0 Å². The van der Waals surface area contributed by atoms with Crippen LogP contribution in [0, 0.1) is 13.8 Å². The van der Waals surface area contributed by atoms with Crippen molar-refractivity contribution < 1.29 is 13.7 Å². The Bertz CT molecular complexity index is 771. The molecule has 2 aromatic heterocycles. The molecule has 1 aromatic carbocycles. The molecule has 3 rings (SSSR count). The second kappa shape index (κ2) is 5.85. The zero-order chi connectivity index (χ0) is 15.5. The standard InChI is InChI=1S/C16H15N3O3/c1-10-15(11(2)22-19-10)18-14(20)8-13-9-21-16(17-13)12-6-4-3-5-7-12/h3-7,9H,8H2,1-2H3,(H,18,20). The third-order valence-corrected chi connectivity index (χ3v) is 3.21. The molecule has 0 bridgehead atoms. The molecular weight excluding hydrogens is 282 g/mol. The quantitative estimate of drug-likeness (QED) is 0.800. The number of hydrogen-bond acceptors (Lipinski definition) is 5. The minimum atomic E-state index is -0.192. The number of hydrogen-bond donors (Lipinski definition) is 1. The van der Waals surface area contributed by atoms with Crippen molar-refractivity contribution in [1.82, 2.24) is 10.1 Å². The van der Waals surface area contributed by atoms with Gasteiger partial charge < -0.3 is 14.3 Å². The van der Waals surface area contributed by atoms with Crippen LogP contribution in [0.5, 0.6) is 0 Å². The summed E-state index contributed by atoms with van der Waals surface area (Å²) in [6, 6.07) is 9.54. The average molecular weight is 297 g/mol. The minimum absolute atomic E-state index is 0.125. The second-order valence-electron chi connectivity index (χ2n) is 4.93. The molecule has 0 aliphatic rings. The Balaban J connectivity index is 1.69. The van der Waals surface area contributed by atoms with Gasteiger partial charge in [-0.2, -0.15) is 0 Å². The van der Waals surface area contributed by atoms with Crippen molar-refractivity contribution in [3.05, 3.63) is 53.7 Å². The van der Waals surface area contributed by atoms with Crippen molar-refractivity contribution in [1.29, 1.82) is 0 Å². The Morgan fingerprint density at radius 2 is 2.00 bits per heavy atom. The number of aromatic nitrogens is 2. The normalized spacial score (nSPS) is 10.6. The topological polar surface area (TPSA) is 81.2 Å². The Morgan fingerprint density at radius 3 is 2.68 bits per heavy atom. The first kappa shape index (κ1) is 14.1. The van der Waals surface area contributed by atoms with Crippen LogP contribution in [0.25, 0.3) is 11.5 Å². The second-order valence-corrected chi connectivity index (χ2v) is 4.93. The van der Waals surface area contributed by atoms with Crippen LogP contribution >= 0.6 is 0 Å². The first-order valence-corrected chi connectivity index (χ1v) is 6.86. The average Bonchev–Trinajstić information content (AvgIpc) is 3.10. The maximum atomic E-state index is 12.1. The SMILES string of the molecule is Cc1noc(C)c1NC(=O)Cc1coc(-c2ccccc2)n1. The fourth-order valence-corrected chi connectivity index (χ4v) is 2.11. The molecule has 0 aliphatic carbocycles. The van der Waals surface area contributed by atoms with E-state index in [4.69, 9.17) is 8.94 Å². The van der Waals surface area contributed by atoms with E-state index in [1.54, 1.807) is 13.8 Å². The van der Waals surface area contributed by atoms with E-state index in [0.717, 1.165) is 5.56 Å². The lowest BCUT2D eigenvalue weighted by Crippen LogP contribution is -2.15. The van der Waals surface area contributed by atoms with Crippen LogP contribution in [-0.2, 0) is 11.2 Å². The number of carbonyl (C=O) groups is 1. The van der Waals surface area contributed by atoms with Gasteiger partial charge in [-0.1, -0.05) is 23.4 Å². The van der Waals surface area contributed by atoms with Crippen molar-refractivity contribution in [3.63, 3.8) is 0 Å². The van der Waals surface area contributed by atoms with Crippen LogP contribution in [0.1, 0.15) is 17.1 Å². The highest BCUT2D eigenvalue weighted by Gasteiger charge is 2.14. The Hall–Kier alpha value is -2.89. The molecule has 112 valence electrons. The van der Waals surface area contributed by atoms with Crippen molar-refractivity contribution in [3.8, 4) is 11.5 Å². The van der Waals surface area contributed by atoms with Crippen molar-refractivity contribution >= 4 is 11.6 Å². The lowest BCUT2D eigenvalue weighted by Gasteiger charge is -2.01. The van der Waals surface area contributed by atoms with Crippen LogP contribution in [-0.4, -0.2) is 16.0 Å². The van der Waals surface area contributed by atoms with Gasteiger partial charge in [0.15, 0.2) is 5.76 Å². The van der Waals surface area contributed by atoms with E-state index in [1.165, 1.54) is 6.26 Å². The highest BCUT2D eigenvalue weighted by Crippen LogP contribution is 2.20. The van der Waals surface area contributed by atoms with E-state index in [2.05, 4.69) is 15.5 Å². The fourth-order valence-electron chi connectivity index (χ4n) is 2.11. The predicted molar refractivity (Wildman–Crippen MR) is 80.2 cm³/mol. The number of rotatable bonds is 4. The van der Waals surface area contributed by atoms with Gasteiger partial charge in [0.2, 0.25) is 11.8 Å². The van der Waals surface area contributed by atoms with Crippen LogP contribution in [0.3, 0.4) is 0 Å². The van der Waals surface area contributed by atoms with E-state index in [9.17, 15) is 4.79 Å². The summed E-state index contributed by atoms with van der Waals surface area (Å²) >= 11 is 0. The molecule has 1 amide bonds. The summed E-state index contributed by atoms with van der Waals surface area (Å²) in [4.78, 5) is 16.4. The van der Waals surface area contributed by atoms with Gasteiger partial charge in [-0.15, -0.1) is 0 Å². The first-order chi connectivity index (χ1) is 10.6. The van der Waals surface area contributed by atoms with E-state index in [0.29, 0.717) is 28.7 Å². The van der Waals surface area contributed by atoms with Crippen LogP contribution < -0.4 is 5.32 Å². The number of benzene rings is 1. The molecule has 0 fully saturated rings. The summed E-state index contributed by atoms with van der Waals surface area (Å²) < 4.78 is 10.4. The van der Waals surface area contributed by atoms with Gasteiger partial charge in [-0.3, -0.25) is 4.79 Å². The van der Waals surface area contributed by atoms with Gasteiger partial charge in [0.1, 0.15) is 17.6 Å². The summed E-state index contributed by atoms with van der Waals surface area (Å²) in [5.74, 6) is 0.888. The summed E-state index contributed by atoms with van der Waals surface area (Å²) in [5.41, 5.74) is 2.70. The van der Waals surface area contributed by atoms with Crippen molar-refractivity contribution in [2.45, 2.75) is 20.3 Å².